The van der Waals surface area contributed by atoms with Crippen molar-refractivity contribution in [2.45, 2.75) is 46.5 Å². The normalized spacial score (nSPS) is 10.6. The van der Waals surface area contributed by atoms with Crippen LogP contribution in [0.25, 0.3) is 11.1 Å². The Balaban J connectivity index is 2.90. The van der Waals surface area contributed by atoms with E-state index in [0.717, 1.165) is 29.5 Å². The smallest absolute Gasteiger partial charge is 0.338 e. The minimum atomic E-state index is -0.507. The summed E-state index contributed by atoms with van der Waals surface area (Å²) in [7, 11) is 1.33. The van der Waals surface area contributed by atoms with E-state index in [1.165, 1.54) is 19.2 Å². The van der Waals surface area contributed by atoms with Gasteiger partial charge in [-0.1, -0.05) is 38.8 Å². The van der Waals surface area contributed by atoms with Crippen LogP contribution in [-0.4, -0.2) is 25.7 Å². The topological polar surface area (TPSA) is 52.6 Å². The van der Waals surface area contributed by atoms with Crippen LogP contribution >= 0.6 is 0 Å². The molecule has 0 aromatic heterocycles. The predicted molar refractivity (Wildman–Crippen MR) is 107 cm³/mol. The Morgan fingerprint density at radius 1 is 0.893 bits per heavy atom. The average Bonchev–Trinajstić information content (AvgIpc) is 2.69. The van der Waals surface area contributed by atoms with Crippen molar-refractivity contribution in [3.05, 3.63) is 58.4 Å². The number of halogens is 1. The lowest BCUT2D eigenvalue weighted by Crippen LogP contribution is -2.16. The summed E-state index contributed by atoms with van der Waals surface area (Å²) in [6.07, 6.45) is 3.02. The van der Waals surface area contributed by atoms with Gasteiger partial charge in [0.2, 0.25) is 0 Å². The fraction of sp³-hybridized carbons (Fsp3) is 0.391. The minimum absolute atomic E-state index is 0.217. The maximum absolute atomic E-state index is 13.5. The Hall–Kier alpha value is -2.69. The van der Waals surface area contributed by atoms with Crippen molar-refractivity contribution in [1.29, 1.82) is 0 Å². The molecule has 0 bridgehead atoms. The van der Waals surface area contributed by atoms with Crippen LogP contribution in [0.5, 0.6) is 0 Å². The molecule has 0 heterocycles. The highest BCUT2D eigenvalue weighted by molar-refractivity contribution is 6.03. The number of ether oxygens (including phenoxy) is 2. The van der Waals surface area contributed by atoms with Gasteiger partial charge in [0.25, 0.3) is 0 Å². The molecule has 150 valence electrons. The number of rotatable bonds is 8. The highest BCUT2D eigenvalue weighted by atomic mass is 19.1. The molecule has 0 saturated carbocycles. The fourth-order valence-corrected chi connectivity index (χ4v) is 3.45. The van der Waals surface area contributed by atoms with Crippen LogP contribution in [0.2, 0.25) is 0 Å². The first kappa shape index (κ1) is 21.6. The Bertz CT molecular complexity index is 841. The zero-order valence-electron chi connectivity index (χ0n) is 16.9. The van der Waals surface area contributed by atoms with Crippen molar-refractivity contribution in [2.24, 2.45) is 0 Å². The molecule has 0 spiro atoms. The standard InChI is InChI=1S/C23H27FO4/c1-5-8-17-18(9-6-2)21(15-10-12-16(24)13-11-15)20(23(26)28-7-3)14-19(17)22(25)27-4/h10-14H,5-9H2,1-4H3. The van der Waals surface area contributed by atoms with Crippen LogP contribution in [0.3, 0.4) is 0 Å². The van der Waals surface area contributed by atoms with Gasteiger partial charge in [0.1, 0.15) is 5.82 Å². The van der Waals surface area contributed by atoms with Crippen molar-refractivity contribution in [3.8, 4) is 11.1 Å². The Morgan fingerprint density at radius 2 is 1.50 bits per heavy atom. The zero-order chi connectivity index (χ0) is 20.7. The van der Waals surface area contributed by atoms with Gasteiger partial charge in [0, 0.05) is 0 Å². The molecule has 0 unspecified atom stereocenters. The van der Waals surface area contributed by atoms with E-state index in [1.54, 1.807) is 25.1 Å². The summed E-state index contributed by atoms with van der Waals surface area (Å²) >= 11 is 0. The average molecular weight is 386 g/mol. The third-order valence-electron chi connectivity index (χ3n) is 4.58. The van der Waals surface area contributed by atoms with E-state index in [9.17, 15) is 14.0 Å². The summed E-state index contributed by atoms with van der Waals surface area (Å²) in [4.78, 5) is 25.2. The molecule has 0 amide bonds. The van der Waals surface area contributed by atoms with Gasteiger partial charge >= 0.3 is 11.9 Å². The van der Waals surface area contributed by atoms with Gasteiger partial charge in [-0.25, -0.2) is 14.0 Å². The summed E-state index contributed by atoms with van der Waals surface area (Å²) in [5, 5.41) is 0. The number of hydrogen-bond acceptors (Lipinski definition) is 4. The second-order valence-corrected chi connectivity index (χ2v) is 6.52. The maximum Gasteiger partial charge on any atom is 0.338 e. The fourth-order valence-electron chi connectivity index (χ4n) is 3.45. The molecule has 2 aromatic carbocycles. The largest absolute Gasteiger partial charge is 0.465 e. The molecule has 2 rings (SSSR count). The first-order valence-electron chi connectivity index (χ1n) is 9.68. The first-order valence-corrected chi connectivity index (χ1v) is 9.68. The Kier molecular flexibility index (Phi) is 7.73. The molecule has 0 radical (unpaired) electrons. The monoisotopic (exact) mass is 386 g/mol. The van der Waals surface area contributed by atoms with Crippen LogP contribution in [0.15, 0.2) is 30.3 Å². The molecule has 2 aromatic rings. The Labute approximate surface area is 165 Å². The molecule has 5 heteroatoms. The third-order valence-corrected chi connectivity index (χ3v) is 4.58. The van der Waals surface area contributed by atoms with Crippen molar-refractivity contribution in [1.82, 2.24) is 0 Å². The first-order chi connectivity index (χ1) is 13.5. The van der Waals surface area contributed by atoms with Crippen molar-refractivity contribution >= 4 is 11.9 Å². The molecule has 4 nitrogen and oxygen atoms in total. The zero-order valence-corrected chi connectivity index (χ0v) is 16.9. The van der Waals surface area contributed by atoms with Crippen molar-refractivity contribution in [3.63, 3.8) is 0 Å². The van der Waals surface area contributed by atoms with Crippen molar-refractivity contribution < 1.29 is 23.5 Å². The van der Waals surface area contributed by atoms with Gasteiger partial charge in [-0.05, 0) is 60.2 Å². The highest BCUT2D eigenvalue weighted by Crippen LogP contribution is 2.35. The molecule has 0 fully saturated rings. The van der Waals surface area contributed by atoms with Gasteiger partial charge < -0.3 is 9.47 Å². The Morgan fingerprint density at radius 3 is 2.04 bits per heavy atom. The predicted octanol–water partition coefficient (Wildman–Crippen LogP) is 5.36. The van der Waals surface area contributed by atoms with E-state index in [4.69, 9.17) is 9.47 Å². The molecular formula is C23H27FO4. The number of benzene rings is 2. The van der Waals surface area contributed by atoms with Crippen LogP contribution < -0.4 is 0 Å². The lowest BCUT2D eigenvalue weighted by Gasteiger charge is -2.21. The summed E-state index contributed by atoms with van der Waals surface area (Å²) in [5.74, 6) is -1.33. The number of esters is 2. The number of carbonyl (C=O) groups excluding carboxylic acids is 2. The highest BCUT2D eigenvalue weighted by Gasteiger charge is 2.26. The molecule has 0 atom stereocenters. The molecule has 28 heavy (non-hydrogen) atoms. The van der Waals surface area contributed by atoms with Crippen LogP contribution in [0.1, 0.15) is 65.5 Å². The van der Waals surface area contributed by atoms with Gasteiger partial charge in [0.05, 0.1) is 24.8 Å². The molecule has 0 aliphatic rings. The maximum atomic E-state index is 13.5. The van der Waals surface area contributed by atoms with E-state index in [2.05, 4.69) is 0 Å². The van der Waals surface area contributed by atoms with Gasteiger partial charge in [0.15, 0.2) is 0 Å². The molecule has 0 aliphatic carbocycles. The van der Waals surface area contributed by atoms with Gasteiger partial charge in [-0.3, -0.25) is 0 Å². The number of carbonyl (C=O) groups is 2. The molecule has 0 saturated heterocycles. The summed E-state index contributed by atoms with van der Waals surface area (Å²) < 4.78 is 23.7. The number of hydrogen-bond donors (Lipinski definition) is 0. The van der Waals surface area contributed by atoms with Gasteiger partial charge in [-0.15, -0.1) is 0 Å². The summed E-state index contributed by atoms with van der Waals surface area (Å²) in [6, 6.07) is 7.61. The second kappa shape index (κ2) is 10.0. The van der Waals surface area contributed by atoms with E-state index in [0.29, 0.717) is 29.5 Å². The molecule has 0 N–H and O–H groups in total. The van der Waals surface area contributed by atoms with Crippen LogP contribution in [0.4, 0.5) is 4.39 Å². The molecular weight excluding hydrogens is 359 g/mol. The van der Waals surface area contributed by atoms with E-state index < -0.39 is 11.9 Å². The quantitative estimate of drug-likeness (QED) is 0.573. The summed E-state index contributed by atoms with van der Waals surface area (Å²) in [5.41, 5.74) is 3.92. The SMILES string of the molecule is CCCc1c(C(=O)OC)cc(C(=O)OCC)c(-c2ccc(F)cc2)c1CCC. The van der Waals surface area contributed by atoms with Crippen LogP contribution in [0, 0.1) is 5.82 Å². The second-order valence-electron chi connectivity index (χ2n) is 6.52. The lowest BCUT2D eigenvalue weighted by molar-refractivity contribution is 0.0527. The van der Waals surface area contributed by atoms with E-state index in [1.807, 2.05) is 13.8 Å². The number of methoxy groups -OCH3 is 1. The summed E-state index contributed by atoms with van der Waals surface area (Å²) in [6.45, 7) is 6.02. The van der Waals surface area contributed by atoms with E-state index >= 15 is 0 Å². The third kappa shape index (κ3) is 4.58. The van der Waals surface area contributed by atoms with Crippen molar-refractivity contribution in [2.75, 3.05) is 13.7 Å². The van der Waals surface area contributed by atoms with Crippen LogP contribution in [-0.2, 0) is 22.3 Å². The van der Waals surface area contributed by atoms with E-state index in [-0.39, 0.29) is 12.4 Å². The lowest BCUT2D eigenvalue weighted by atomic mass is 9.84. The molecule has 0 aliphatic heterocycles. The van der Waals surface area contributed by atoms with Gasteiger partial charge in [-0.2, -0.15) is 0 Å². The minimum Gasteiger partial charge on any atom is -0.465 e.